The first-order valence-corrected chi connectivity index (χ1v) is 13.8. The standard InChI is InChI=1S/C28H30FN3O4S/c1-27(2,3)36-26(34)32-23-14-9-20(18-7-12-22(29)13-8-18)17-24(23)31-25(33)19-5-10-21(11-6-19)28(15-16-28)37(4,30)35/h5-14,17,30H,15-16H2,1-4H3,(H,31,33)(H,32,34). The first-order chi connectivity index (χ1) is 17.3. The second-order valence-corrected chi connectivity index (χ2v) is 12.7. The molecule has 3 N–H and O–H groups in total. The van der Waals surface area contributed by atoms with E-state index < -0.39 is 32.1 Å². The molecule has 7 nitrogen and oxygen atoms in total. The van der Waals surface area contributed by atoms with Gasteiger partial charge in [-0.2, -0.15) is 0 Å². The summed E-state index contributed by atoms with van der Waals surface area (Å²) < 4.78 is 38.6. The van der Waals surface area contributed by atoms with Gasteiger partial charge in [-0.1, -0.05) is 30.3 Å². The van der Waals surface area contributed by atoms with Crippen molar-refractivity contribution in [1.29, 1.82) is 4.78 Å². The van der Waals surface area contributed by atoms with Crippen LogP contribution in [-0.2, 0) is 19.2 Å². The quantitative estimate of drug-likeness (QED) is 0.332. The third-order valence-electron chi connectivity index (χ3n) is 6.20. The minimum absolute atomic E-state index is 0.335. The number of benzene rings is 3. The molecule has 0 spiro atoms. The Bertz CT molecular complexity index is 1440. The number of hydrogen-bond acceptors (Lipinski definition) is 5. The maximum Gasteiger partial charge on any atom is 0.412 e. The minimum Gasteiger partial charge on any atom is -0.444 e. The van der Waals surface area contributed by atoms with E-state index in [1.807, 2.05) is 0 Å². The minimum atomic E-state index is -2.77. The van der Waals surface area contributed by atoms with Crippen LogP contribution in [0.1, 0.15) is 49.5 Å². The Labute approximate surface area is 216 Å². The van der Waals surface area contributed by atoms with Gasteiger partial charge in [-0.15, -0.1) is 0 Å². The second-order valence-electron chi connectivity index (χ2n) is 10.3. The van der Waals surface area contributed by atoms with Crippen molar-refractivity contribution >= 4 is 33.1 Å². The summed E-state index contributed by atoms with van der Waals surface area (Å²) in [6.45, 7) is 5.25. The number of halogens is 1. The number of carbonyl (C=O) groups is 2. The van der Waals surface area contributed by atoms with E-state index in [0.29, 0.717) is 35.3 Å². The SMILES string of the molecule is CC(C)(C)OC(=O)Nc1ccc(-c2ccc(F)cc2)cc1NC(=O)c1ccc(C2(S(C)(=N)=O)CC2)cc1. The van der Waals surface area contributed by atoms with Crippen molar-refractivity contribution < 1.29 is 22.9 Å². The molecule has 1 aliphatic rings. The summed E-state index contributed by atoms with van der Waals surface area (Å²) in [6, 6.07) is 17.8. The van der Waals surface area contributed by atoms with Crippen LogP contribution < -0.4 is 10.6 Å². The fourth-order valence-corrected chi connectivity index (χ4v) is 5.60. The lowest BCUT2D eigenvalue weighted by molar-refractivity contribution is 0.0635. The normalized spacial score (nSPS) is 15.8. The largest absolute Gasteiger partial charge is 0.444 e. The Hall–Kier alpha value is -3.72. The monoisotopic (exact) mass is 523 g/mol. The van der Waals surface area contributed by atoms with Gasteiger partial charge in [0.05, 0.1) is 25.9 Å². The summed E-state index contributed by atoms with van der Waals surface area (Å²) in [5, 5.41) is 5.52. The van der Waals surface area contributed by atoms with Crippen LogP contribution in [0.15, 0.2) is 66.7 Å². The predicted octanol–water partition coefficient (Wildman–Crippen LogP) is 6.76. The van der Waals surface area contributed by atoms with Gasteiger partial charge >= 0.3 is 6.09 Å². The molecule has 1 fully saturated rings. The molecule has 9 heteroatoms. The first kappa shape index (κ1) is 26.3. The van der Waals surface area contributed by atoms with Crippen LogP contribution in [0.3, 0.4) is 0 Å². The van der Waals surface area contributed by atoms with Crippen molar-refractivity contribution in [3.05, 3.63) is 83.7 Å². The number of nitrogens with one attached hydrogen (secondary N) is 3. The van der Waals surface area contributed by atoms with Crippen LogP contribution in [-0.4, -0.2) is 28.1 Å². The molecule has 0 heterocycles. The molecule has 0 saturated heterocycles. The molecule has 194 valence electrons. The van der Waals surface area contributed by atoms with E-state index in [9.17, 15) is 18.2 Å². The second kappa shape index (κ2) is 9.63. The van der Waals surface area contributed by atoms with Crippen molar-refractivity contribution in [3.63, 3.8) is 0 Å². The highest BCUT2D eigenvalue weighted by Crippen LogP contribution is 2.52. The molecule has 1 aliphatic carbocycles. The van der Waals surface area contributed by atoms with E-state index >= 15 is 0 Å². The zero-order chi connectivity index (χ0) is 27.0. The van der Waals surface area contributed by atoms with Crippen molar-refractivity contribution in [2.45, 2.75) is 44.0 Å². The average Bonchev–Trinajstić information content (AvgIpc) is 3.62. The number of ether oxygens (including phenoxy) is 1. The maximum atomic E-state index is 13.4. The Kier molecular flexibility index (Phi) is 6.85. The molecule has 0 aromatic heterocycles. The lowest BCUT2D eigenvalue weighted by Gasteiger charge is -2.21. The average molecular weight is 524 g/mol. The van der Waals surface area contributed by atoms with Gasteiger partial charge in [0.25, 0.3) is 5.91 Å². The molecule has 37 heavy (non-hydrogen) atoms. The van der Waals surface area contributed by atoms with Gasteiger partial charge in [0.15, 0.2) is 0 Å². The molecule has 3 aromatic rings. The lowest BCUT2D eigenvalue weighted by Crippen LogP contribution is -2.27. The van der Waals surface area contributed by atoms with Crippen LogP contribution in [0.2, 0.25) is 0 Å². The summed E-state index contributed by atoms with van der Waals surface area (Å²) in [4.78, 5) is 25.6. The smallest absolute Gasteiger partial charge is 0.412 e. The molecule has 0 bridgehead atoms. The van der Waals surface area contributed by atoms with Crippen LogP contribution in [0.5, 0.6) is 0 Å². The Morgan fingerprint density at radius 3 is 2.05 bits per heavy atom. The van der Waals surface area contributed by atoms with Crippen molar-refractivity contribution in [2.75, 3.05) is 16.9 Å². The number of rotatable bonds is 6. The summed E-state index contributed by atoms with van der Waals surface area (Å²) in [5.41, 5.74) is 2.57. The number of anilines is 2. The third kappa shape index (κ3) is 5.99. The molecule has 1 saturated carbocycles. The van der Waals surface area contributed by atoms with Crippen LogP contribution in [0.25, 0.3) is 11.1 Å². The Morgan fingerprint density at radius 1 is 0.919 bits per heavy atom. The van der Waals surface area contributed by atoms with E-state index in [2.05, 4.69) is 10.6 Å². The van der Waals surface area contributed by atoms with Gasteiger partial charge in [-0.25, -0.2) is 13.4 Å². The number of hydrogen-bond donors (Lipinski definition) is 3. The maximum absolute atomic E-state index is 13.4. The van der Waals surface area contributed by atoms with Crippen LogP contribution >= 0.6 is 0 Å². The molecule has 0 aliphatic heterocycles. The Morgan fingerprint density at radius 2 is 1.51 bits per heavy atom. The molecule has 3 aromatic carbocycles. The lowest BCUT2D eigenvalue weighted by atomic mass is 10.0. The number of amides is 2. The molecule has 2 amide bonds. The van der Waals surface area contributed by atoms with Gasteiger partial charge < -0.3 is 10.1 Å². The van der Waals surface area contributed by atoms with Gasteiger partial charge in [0.1, 0.15) is 11.4 Å². The van der Waals surface area contributed by atoms with Gasteiger partial charge in [0, 0.05) is 11.8 Å². The highest BCUT2D eigenvalue weighted by molar-refractivity contribution is 7.93. The number of carbonyl (C=O) groups excluding carboxylic acids is 2. The topological polar surface area (TPSA) is 108 Å². The molecule has 1 unspecified atom stereocenters. The van der Waals surface area contributed by atoms with E-state index in [4.69, 9.17) is 9.52 Å². The van der Waals surface area contributed by atoms with Crippen molar-refractivity contribution in [2.24, 2.45) is 0 Å². The van der Waals surface area contributed by atoms with Gasteiger partial charge in [0.2, 0.25) is 0 Å². The van der Waals surface area contributed by atoms with Gasteiger partial charge in [-0.05, 0) is 86.7 Å². The van der Waals surface area contributed by atoms with Crippen LogP contribution in [0, 0.1) is 10.6 Å². The molecule has 4 rings (SSSR count). The molecule has 0 radical (unpaired) electrons. The summed E-state index contributed by atoms with van der Waals surface area (Å²) in [6.07, 6.45) is 2.16. The van der Waals surface area contributed by atoms with E-state index in [1.165, 1.54) is 18.4 Å². The fourth-order valence-electron chi connectivity index (χ4n) is 4.13. The van der Waals surface area contributed by atoms with Gasteiger partial charge in [-0.3, -0.25) is 14.9 Å². The zero-order valence-corrected chi connectivity index (χ0v) is 22.0. The molecular formula is C28H30FN3O4S. The third-order valence-corrected chi connectivity index (χ3v) is 8.34. The summed E-state index contributed by atoms with van der Waals surface area (Å²) in [5.74, 6) is -0.774. The highest BCUT2D eigenvalue weighted by Gasteiger charge is 2.51. The fraction of sp³-hybridized carbons (Fsp3) is 0.286. The van der Waals surface area contributed by atoms with Crippen LogP contribution in [0.4, 0.5) is 20.6 Å². The molecular weight excluding hydrogens is 493 g/mol. The Balaban J connectivity index is 1.62. The van der Waals surface area contributed by atoms with Crippen molar-refractivity contribution in [1.82, 2.24) is 0 Å². The summed E-state index contributed by atoms with van der Waals surface area (Å²) in [7, 11) is -2.77. The predicted molar refractivity (Wildman–Crippen MR) is 144 cm³/mol. The zero-order valence-electron chi connectivity index (χ0n) is 21.2. The van der Waals surface area contributed by atoms with E-state index in [-0.39, 0.29) is 5.82 Å². The van der Waals surface area contributed by atoms with Crippen molar-refractivity contribution in [3.8, 4) is 11.1 Å². The van der Waals surface area contributed by atoms with E-state index in [1.54, 1.807) is 75.4 Å². The highest BCUT2D eigenvalue weighted by atomic mass is 32.2. The first-order valence-electron chi connectivity index (χ1n) is 11.8. The molecule has 1 atom stereocenters. The summed E-state index contributed by atoms with van der Waals surface area (Å²) >= 11 is 0. The van der Waals surface area contributed by atoms with E-state index in [0.717, 1.165) is 11.1 Å².